The van der Waals surface area contributed by atoms with Crippen LogP contribution in [0, 0.1) is 0 Å². The van der Waals surface area contributed by atoms with Crippen molar-refractivity contribution in [1.82, 2.24) is 9.88 Å². The van der Waals surface area contributed by atoms with Crippen molar-refractivity contribution in [1.29, 1.82) is 0 Å². The van der Waals surface area contributed by atoms with Crippen molar-refractivity contribution in [3.8, 4) is 0 Å². The van der Waals surface area contributed by atoms with Crippen LogP contribution in [0.3, 0.4) is 0 Å². The molecule has 1 aromatic carbocycles. The summed E-state index contributed by atoms with van der Waals surface area (Å²) in [5, 5.41) is 0. The molecule has 0 bridgehead atoms. The van der Waals surface area contributed by atoms with Crippen LogP contribution < -0.4 is 5.73 Å². The summed E-state index contributed by atoms with van der Waals surface area (Å²) in [6.07, 6.45) is 3.76. The fourth-order valence-electron chi connectivity index (χ4n) is 2.55. The first kappa shape index (κ1) is 11.2. The Kier molecular flexibility index (Phi) is 2.76. The maximum absolute atomic E-state index is 5.83. The number of rotatable bonds is 2. The number of hydrogen-bond acceptors (Lipinski definition) is 3. The molecule has 2 N–H and O–H groups in total. The minimum Gasteiger partial charge on any atom is -0.399 e. The van der Waals surface area contributed by atoms with Crippen LogP contribution in [0.5, 0.6) is 0 Å². The number of fused-ring (bicyclic) bond motifs is 1. The van der Waals surface area contributed by atoms with Crippen molar-refractivity contribution >= 4 is 5.69 Å². The molecular weight excluding hydrogens is 222 g/mol. The molecule has 0 fully saturated rings. The summed E-state index contributed by atoms with van der Waals surface area (Å²) >= 11 is 0. The number of nitrogens with zero attached hydrogens (tertiary/aromatic N) is 2. The van der Waals surface area contributed by atoms with Crippen LogP contribution in [-0.2, 0) is 13.1 Å². The van der Waals surface area contributed by atoms with Crippen LogP contribution in [0.25, 0.3) is 0 Å². The van der Waals surface area contributed by atoms with Gasteiger partial charge >= 0.3 is 0 Å². The molecule has 1 unspecified atom stereocenters. The first-order valence-electron chi connectivity index (χ1n) is 6.25. The fraction of sp³-hybridized carbons (Fsp3) is 0.267. The van der Waals surface area contributed by atoms with Gasteiger partial charge in [-0.05, 0) is 41.8 Å². The Balaban J connectivity index is 1.82. The van der Waals surface area contributed by atoms with Gasteiger partial charge in [-0.3, -0.25) is 9.88 Å². The third kappa shape index (κ3) is 1.97. The molecule has 1 atom stereocenters. The fourth-order valence-corrected chi connectivity index (χ4v) is 2.55. The number of anilines is 1. The van der Waals surface area contributed by atoms with Crippen LogP contribution in [0.2, 0.25) is 0 Å². The average Bonchev–Trinajstić information content (AvgIpc) is 2.81. The third-order valence-corrected chi connectivity index (χ3v) is 3.69. The third-order valence-electron chi connectivity index (χ3n) is 3.69. The zero-order valence-corrected chi connectivity index (χ0v) is 10.5. The molecule has 1 aliphatic heterocycles. The van der Waals surface area contributed by atoms with Crippen molar-refractivity contribution in [2.75, 3.05) is 5.73 Å². The smallest absolute Gasteiger partial charge is 0.0342 e. The molecule has 3 rings (SSSR count). The van der Waals surface area contributed by atoms with E-state index in [9.17, 15) is 0 Å². The van der Waals surface area contributed by atoms with Gasteiger partial charge in [-0.15, -0.1) is 0 Å². The average molecular weight is 239 g/mol. The molecule has 2 heterocycles. The summed E-state index contributed by atoms with van der Waals surface area (Å²) in [5.41, 5.74) is 10.7. The normalized spacial score (nSPS) is 16.5. The number of pyridine rings is 1. The zero-order valence-electron chi connectivity index (χ0n) is 10.5. The van der Waals surface area contributed by atoms with Crippen molar-refractivity contribution in [2.24, 2.45) is 0 Å². The van der Waals surface area contributed by atoms with Gasteiger partial charge in [0, 0.05) is 37.2 Å². The second kappa shape index (κ2) is 4.42. The van der Waals surface area contributed by atoms with Crippen molar-refractivity contribution in [3.63, 3.8) is 0 Å². The molecule has 18 heavy (non-hydrogen) atoms. The molecule has 1 aromatic heterocycles. The van der Waals surface area contributed by atoms with Gasteiger partial charge in [0.05, 0.1) is 0 Å². The molecule has 3 nitrogen and oxygen atoms in total. The SMILES string of the molecule is CC(c1cccnc1)N1Cc2ccc(N)cc2C1. The Labute approximate surface area is 107 Å². The number of aromatic nitrogens is 1. The lowest BCUT2D eigenvalue weighted by Gasteiger charge is -2.23. The van der Waals surface area contributed by atoms with E-state index in [1.165, 1.54) is 16.7 Å². The van der Waals surface area contributed by atoms with E-state index in [2.05, 4.69) is 35.0 Å². The van der Waals surface area contributed by atoms with Gasteiger partial charge in [0.1, 0.15) is 0 Å². The maximum Gasteiger partial charge on any atom is 0.0342 e. The summed E-state index contributed by atoms with van der Waals surface area (Å²) < 4.78 is 0. The van der Waals surface area contributed by atoms with E-state index in [1.54, 1.807) is 0 Å². The molecule has 92 valence electrons. The Hall–Kier alpha value is -1.87. The van der Waals surface area contributed by atoms with Gasteiger partial charge in [0.2, 0.25) is 0 Å². The number of hydrogen-bond donors (Lipinski definition) is 1. The van der Waals surface area contributed by atoms with Gasteiger partial charge in [0.15, 0.2) is 0 Å². The van der Waals surface area contributed by atoms with Crippen molar-refractivity contribution in [2.45, 2.75) is 26.1 Å². The zero-order chi connectivity index (χ0) is 12.5. The van der Waals surface area contributed by atoms with Crippen LogP contribution in [-0.4, -0.2) is 9.88 Å². The number of benzene rings is 1. The lowest BCUT2D eigenvalue weighted by molar-refractivity contribution is 0.215. The highest BCUT2D eigenvalue weighted by molar-refractivity contribution is 5.46. The molecule has 0 radical (unpaired) electrons. The van der Waals surface area contributed by atoms with Crippen molar-refractivity contribution < 1.29 is 0 Å². The Morgan fingerprint density at radius 3 is 2.83 bits per heavy atom. The molecule has 0 aliphatic carbocycles. The number of nitrogen functional groups attached to an aromatic ring is 1. The standard InChI is InChI=1S/C15H17N3/c1-11(12-3-2-6-17-8-12)18-9-13-4-5-15(16)7-14(13)10-18/h2-8,11H,9-10,16H2,1H3. The number of nitrogens with two attached hydrogens (primary N) is 1. The maximum atomic E-state index is 5.83. The van der Waals surface area contributed by atoms with E-state index < -0.39 is 0 Å². The van der Waals surface area contributed by atoms with Crippen LogP contribution in [0.15, 0.2) is 42.7 Å². The largest absolute Gasteiger partial charge is 0.399 e. The van der Waals surface area contributed by atoms with Gasteiger partial charge in [-0.25, -0.2) is 0 Å². The highest BCUT2D eigenvalue weighted by Crippen LogP contribution is 2.31. The van der Waals surface area contributed by atoms with Crippen LogP contribution in [0.1, 0.15) is 29.7 Å². The predicted molar refractivity (Wildman–Crippen MR) is 72.8 cm³/mol. The van der Waals surface area contributed by atoms with Crippen LogP contribution in [0.4, 0.5) is 5.69 Å². The summed E-state index contributed by atoms with van der Waals surface area (Å²) in [6, 6.07) is 10.7. The molecule has 3 heteroatoms. The topological polar surface area (TPSA) is 42.2 Å². The monoisotopic (exact) mass is 239 g/mol. The highest BCUT2D eigenvalue weighted by atomic mass is 15.2. The van der Waals surface area contributed by atoms with E-state index in [4.69, 9.17) is 5.73 Å². The first-order chi connectivity index (χ1) is 8.74. The van der Waals surface area contributed by atoms with Gasteiger partial charge in [-0.1, -0.05) is 12.1 Å². The second-order valence-electron chi connectivity index (χ2n) is 4.90. The minimum atomic E-state index is 0.382. The van der Waals surface area contributed by atoms with Gasteiger partial charge < -0.3 is 5.73 Å². The van der Waals surface area contributed by atoms with Crippen molar-refractivity contribution in [3.05, 3.63) is 59.4 Å². The lowest BCUT2D eigenvalue weighted by atomic mass is 10.1. The minimum absolute atomic E-state index is 0.382. The highest BCUT2D eigenvalue weighted by Gasteiger charge is 2.24. The van der Waals surface area contributed by atoms with E-state index >= 15 is 0 Å². The molecular formula is C15H17N3. The van der Waals surface area contributed by atoms with Crippen LogP contribution >= 0.6 is 0 Å². The summed E-state index contributed by atoms with van der Waals surface area (Å²) in [6.45, 7) is 4.19. The molecule has 1 aliphatic rings. The van der Waals surface area contributed by atoms with Gasteiger partial charge in [0.25, 0.3) is 0 Å². The molecule has 2 aromatic rings. The Morgan fingerprint density at radius 1 is 1.22 bits per heavy atom. The lowest BCUT2D eigenvalue weighted by Crippen LogP contribution is -2.20. The van der Waals surface area contributed by atoms with Gasteiger partial charge in [-0.2, -0.15) is 0 Å². The molecule has 0 saturated carbocycles. The summed E-state index contributed by atoms with van der Waals surface area (Å²) in [7, 11) is 0. The first-order valence-corrected chi connectivity index (χ1v) is 6.25. The quantitative estimate of drug-likeness (QED) is 0.819. The Bertz CT molecular complexity index is 551. The predicted octanol–water partition coefficient (Wildman–Crippen LogP) is 2.74. The summed E-state index contributed by atoms with van der Waals surface area (Å²) in [5.74, 6) is 0. The second-order valence-corrected chi connectivity index (χ2v) is 4.90. The van der Waals surface area contributed by atoms with E-state index in [1.807, 2.05) is 24.5 Å². The molecule has 0 saturated heterocycles. The Morgan fingerprint density at radius 2 is 2.06 bits per heavy atom. The summed E-state index contributed by atoms with van der Waals surface area (Å²) in [4.78, 5) is 6.64. The molecule has 0 spiro atoms. The van der Waals surface area contributed by atoms with E-state index in [-0.39, 0.29) is 0 Å². The van der Waals surface area contributed by atoms with E-state index in [0.29, 0.717) is 6.04 Å². The molecule has 0 amide bonds. The van der Waals surface area contributed by atoms with E-state index in [0.717, 1.165) is 18.8 Å².